The monoisotopic (exact) mass is 393 g/mol. The molecule has 0 aromatic heterocycles. The minimum Gasteiger partial charge on any atom is -0.378 e. The summed E-state index contributed by atoms with van der Waals surface area (Å²) in [6.07, 6.45) is 3.53. The van der Waals surface area contributed by atoms with Gasteiger partial charge in [0.25, 0.3) is 5.91 Å². The van der Waals surface area contributed by atoms with Gasteiger partial charge in [0, 0.05) is 52.0 Å². The van der Waals surface area contributed by atoms with E-state index in [-0.39, 0.29) is 5.91 Å². The second-order valence-electron chi connectivity index (χ2n) is 8.62. The van der Waals surface area contributed by atoms with E-state index < -0.39 is 0 Å². The third-order valence-electron chi connectivity index (χ3n) is 6.05. The highest BCUT2D eigenvalue weighted by Crippen LogP contribution is 2.20. The minimum atomic E-state index is 0.116. The topological polar surface area (TPSA) is 26.8 Å². The van der Waals surface area contributed by atoms with Crippen LogP contribution in [0.25, 0.3) is 0 Å². The van der Waals surface area contributed by atoms with Crippen molar-refractivity contribution in [1.82, 2.24) is 9.80 Å². The zero-order valence-electron chi connectivity index (χ0n) is 18.4. The van der Waals surface area contributed by atoms with E-state index in [1.165, 1.54) is 30.5 Å². The average Bonchev–Trinajstić information content (AvgIpc) is 2.73. The molecule has 0 radical (unpaired) electrons. The van der Waals surface area contributed by atoms with Gasteiger partial charge in [0.15, 0.2) is 0 Å². The van der Waals surface area contributed by atoms with Crippen molar-refractivity contribution in [2.75, 3.05) is 52.2 Å². The number of benzene rings is 2. The first kappa shape index (κ1) is 21.4. The van der Waals surface area contributed by atoms with Gasteiger partial charge in [-0.2, -0.15) is 0 Å². The molecule has 0 spiro atoms. The van der Waals surface area contributed by atoms with Crippen LogP contribution in [0.1, 0.15) is 34.3 Å². The molecule has 0 unspecified atom stereocenters. The summed E-state index contributed by atoms with van der Waals surface area (Å²) in [6.45, 7) is 6.38. The van der Waals surface area contributed by atoms with E-state index in [4.69, 9.17) is 0 Å². The van der Waals surface area contributed by atoms with Gasteiger partial charge < -0.3 is 14.7 Å². The van der Waals surface area contributed by atoms with Crippen molar-refractivity contribution in [1.29, 1.82) is 0 Å². The molecule has 0 saturated carbocycles. The first-order valence-electron chi connectivity index (χ1n) is 10.7. The molecule has 0 N–H and O–H groups in total. The SMILES string of the molecule is Cc1ccccc1CCN1CCC[C@H](CN(C)C(=O)c2cccc(N(C)C)c2)C1. The van der Waals surface area contributed by atoms with Gasteiger partial charge in [0.2, 0.25) is 0 Å². The number of rotatable bonds is 7. The van der Waals surface area contributed by atoms with E-state index >= 15 is 0 Å². The van der Waals surface area contributed by atoms with Crippen LogP contribution in [-0.4, -0.2) is 63.0 Å². The molecular weight excluding hydrogens is 358 g/mol. The van der Waals surface area contributed by atoms with Gasteiger partial charge in [0.05, 0.1) is 0 Å². The van der Waals surface area contributed by atoms with Crippen LogP contribution in [0.3, 0.4) is 0 Å². The average molecular weight is 394 g/mol. The van der Waals surface area contributed by atoms with Gasteiger partial charge in [-0.1, -0.05) is 30.3 Å². The van der Waals surface area contributed by atoms with Crippen molar-refractivity contribution in [3.05, 3.63) is 65.2 Å². The van der Waals surface area contributed by atoms with E-state index in [1.807, 2.05) is 55.2 Å². The number of hydrogen-bond donors (Lipinski definition) is 0. The second kappa shape index (κ2) is 9.93. The van der Waals surface area contributed by atoms with Gasteiger partial charge in [0.1, 0.15) is 0 Å². The third kappa shape index (κ3) is 5.83. The number of carbonyl (C=O) groups excluding carboxylic acids is 1. The maximum absolute atomic E-state index is 12.9. The summed E-state index contributed by atoms with van der Waals surface area (Å²) >= 11 is 0. The summed E-state index contributed by atoms with van der Waals surface area (Å²) in [5, 5.41) is 0. The standard InChI is InChI=1S/C25H35N3O/c1-20-9-5-6-11-22(20)14-16-28-15-8-10-21(19-28)18-27(4)25(29)23-12-7-13-24(17-23)26(2)3/h5-7,9,11-13,17,21H,8,10,14-16,18-19H2,1-4H3/t21-/m1/s1. The predicted octanol–water partition coefficient (Wildman–Crippen LogP) is 4.09. The molecule has 4 heteroatoms. The van der Waals surface area contributed by atoms with Crippen LogP contribution in [0.4, 0.5) is 5.69 Å². The van der Waals surface area contributed by atoms with Gasteiger partial charge in [-0.25, -0.2) is 0 Å². The van der Waals surface area contributed by atoms with Crippen molar-refractivity contribution >= 4 is 11.6 Å². The minimum absolute atomic E-state index is 0.116. The Kier molecular flexibility index (Phi) is 7.32. The summed E-state index contributed by atoms with van der Waals surface area (Å²) in [5.41, 5.74) is 4.66. The zero-order chi connectivity index (χ0) is 20.8. The molecule has 3 rings (SSSR count). The summed E-state index contributed by atoms with van der Waals surface area (Å²) in [5.74, 6) is 0.664. The first-order chi connectivity index (χ1) is 13.9. The fourth-order valence-electron chi connectivity index (χ4n) is 4.28. The Morgan fingerprint density at radius 3 is 2.66 bits per heavy atom. The molecule has 2 aromatic carbocycles. The molecule has 1 saturated heterocycles. The molecule has 1 fully saturated rings. The fourth-order valence-corrected chi connectivity index (χ4v) is 4.28. The normalized spacial score (nSPS) is 17.2. The lowest BCUT2D eigenvalue weighted by atomic mass is 9.96. The smallest absolute Gasteiger partial charge is 0.253 e. The van der Waals surface area contributed by atoms with Crippen LogP contribution < -0.4 is 4.90 Å². The van der Waals surface area contributed by atoms with Crippen LogP contribution in [-0.2, 0) is 6.42 Å². The van der Waals surface area contributed by atoms with E-state index in [9.17, 15) is 4.79 Å². The first-order valence-corrected chi connectivity index (χ1v) is 10.7. The van der Waals surface area contributed by atoms with Crippen molar-refractivity contribution in [3.8, 4) is 0 Å². The van der Waals surface area contributed by atoms with Gasteiger partial charge in [-0.05, 0) is 68.0 Å². The quantitative estimate of drug-likeness (QED) is 0.709. The molecule has 29 heavy (non-hydrogen) atoms. The number of carbonyl (C=O) groups is 1. The summed E-state index contributed by atoms with van der Waals surface area (Å²) < 4.78 is 0. The van der Waals surface area contributed by atoms with Crippen LogP contribution in [0.2, 0.25) is 0 Å². The van der Waals surface area contributed by atoms with Crippen molar-refractivity contribution < 1.29 is 4.79 Å². The Hall–Kier alpha value is -2.33. The highest BCUT2D eigenvalue weighted by molar-refractivity contribution is 5.95. The number of nitrogens with zero attached hydrogens (tertiary/aromatic N) is 3. The molecule has 4 nitrogen and oxygen atoms in total. The Labute approximate surface area is 176 Å². The van der Waals surface area contributed by atoms with Gasteiger partial charge in [-0.3, -0.25) is 4.79 Å². The molecule has 0 aliphatic carbocycles. The molecule has 1 heterocycles. The van der Waals surface area contributed by atoms with Gasteiger partial charge in [-0.15, -0.1) is 0 Å². The maximum Gasteiger partial charge on any atom is 0.253 e. The molecule has 1 aliphatic rings. The Bertz CT molecular complexity index is 817. The molecular formula is C25H35N3O. The molecule has 1 aliphatic heterocycles. The lowest BCUT2D eigenvalue weighted by Gasteiger charge is -2.35. The van der Waals surface area contributed by atoms with E-state index in [0.29, 0.717) is 5.92 Å². The Balaban J connectivity index is 1.53. The van der Waals surface area contributed by atoms with Crippen molar-refractivity contribution in [2.24, 2.45) is 5.92 Å². The Morgan fingerprint density at radius 1 is 1.10 bits per heavy atom. The number of anilines is 1. The Morgan fingerprint density at radius 2 is 1.90 bits per heavy atom. The van der Waals surface area contributed by atoms with Crippen molar-refractivity contribution in [3.63, 3.8) is 0 Å². The molecule has 1 amide bonds. The summed E-state index contributed by atoms with van der Waals surface area (Å²) in [6, 6.07) is 16.6. The number of aryl methyl sites for hydroxylation is 1. The van der Waals surface area contributed by atoms with E-state index in [1.54, 1.807) is 0 Å². The number of likely N-dealkylation sites (tertiary alicyclic amines) is 1. The number of amides is 1. The van der Waals surface area contributed by atoms with E-state index in [2.05, 4.69) is 36.1 Å². The molecule has 1 atom stereocenters. The summed E-state index contributed by atoms with van der Waals surface area (Å²) in [7, 11) is 5.94. The molecule has 0 bridgehead atoms. The molecule has 156 valence electrons. The largest absolute Gasteiger partial charge is 0.378 e. The van der Waals surface area contributed by atoms with Crippen LogP contribution in [0, 0.1) is 12.8 Å². The van der Waals surface area contributed by atoms with Gasteiger partial charge >= 0.3 is 0 Å². The number of hydrogen-bond acceptors (Lipinski definition) is 3. The summed E-state index contributed by atoms with van der Waals surface area (Å²) in [4.78, 5) is 19.4. The second-order valence-corrected chi connectivity index (χ2v) is 8.62. The highest BCUT2D eigenvalue weighted by Gasteiger charge is 2.23. The van der Waals surface area contributed by atoms with Crippen LogP contribution in [0.5, 0.6) is 0 Å². The van der Waals surface area contributed by atoms with Crippen molar-refractivity contribution in [2.45, 2.75) is 26.2 Å². The third-order valence-corrected chi connectivity index (χ3v) is 6.05. The fraction of sp³-hybridized carbons (Fsp3) is 0.480. The van der Waals surface area contributed by atoms with Crippen LogP contribution >= 0.6 is 0 Å². The van der Waals surface area contributed by atoms with Crippen LogP contribution in [0.15, 0.2) is 48.5 Å². The predicted molar refractivity (Wildman–Crippen MR) is 122 cm³/mol. The zero-order valence-corrected chi connectivity index (χ0v) is 18.4. The maximum atomic E-state index is 12.9. The van der Waals surface area contributed by atoms with E-state index in [0.717, 1.165) is 37.3 Å². The molecule has 2 aromatic rings. The lowest BCUT2D eigenvalue weighted by molar-refractivity contribution is 0.0730. The highest BCUT2D eigenvalue weighted by atomic mass is 16.2. The lowest BCUT2D eigenvalue weighted by Crippen LogP contribution is -2.42. The number of piperidine rings is 1.